The normalized spacial score (nSPS) is 18.1. The van der Waals surface area contributed by atoms with Gasteiger partial charge < -0.3 is 10.9 Å². The number of oxime groups is 1. The van der Waals surface area contributed by atoms with E-state index < -0.39 is 0 Å². The predicted molar refractivity (Wildman–Crippen MR) is 97.7 cm³/mol. The smallest absolute Gasteiger partial charge is 0.220 e. The lowest BCUT2D eigenvalue weighted by Gasteiger charge is -2.26. The lowest BCUT2D eigenvalue weighted by molar-refractivity contribution is 0.316. The Morgan fingerprint density at radius 1 is 0.960 bits per heavy atom. The number of nitrogen functional groups attached to an aromatic ring is 1. The molecule has 0 spiro atoms. The van der Waals surface area contributed by atoms with E-state index in [4.69, 9.17) is 5.73 Å². The van der Waals surface area contributed by atoms with Gasteiger partial charge in [0, 0.05) is 18.2 Å². The van der Waals surface area contributed by atoms with E-state index in [-0.39, 0.29) is 11.9 Å². The average Bonchev–Trinajstić information content (AvgIpc) is 2.67. The quantitative estimate of drug-likeness (QED) is 0.555. The van der Waals surface area contributed by atoms with Crippen molar-refractivity contribution in [2.75, 3.05) is 5.73 Å². The molecule has 0 aliphatic heterocycles. The highest BCUT2D eigenvalue weighted by Gasteiger charge is 2.28. The molecule has 0 fully saturated rings. The first kappa shape index (κ1) is 15.3. The third-order valence-electron chi connectivity index (χ3n) is 4.68. The molecule has 5 nitrogen and oxygen atoms in total. The summed E-state index contributed by atoms with van der Waals surface area (Å²) in [5.41, 5.74) is 11.6. The monoisotopic (exact) mass is 330 g/mol. The minimum absolute atomic E-state index is 0.170. The van der Waals surface area contributed by atoms with Gasteiger partial charge in [0.25, 0.3) is 0 Å². The number of benzene rings is 2. The van der Waals surface area contributed by atoms with Gasteiger partial charge in [0.1, 0.15) is 0 Å². The van der Waals surface area contributed by atoms with Gasteiger partial charge in [-0.05, 0) is 29.0 Å². The fraction of sp³-hybridized carbons (Fsp3) is 0.150. The number of hydrogen-bond donors (Lipinski definition) is 2. The second-order valence-electron chi connectivity index (χ2n) is 6.19. The van der Waals surface area contributed by atoms with Crippen LogP contribution in [0.15, 0.2) is 65.9 Å². The molecule has 3 N–H and O–H groups in total. The van der Waals surface area contributed by atoms with E-state index in [0.29, 0.717) is 12.1 Å². The summed E-state index contributed by atoms with van der Waals surface area (Å²) in [6.45, 7) is 0. The van der Waals surface area contributed by atoms with Crippen LogP contribution in [0.1, 0.15) is 29.2 Å². The van der Waals surface area contributed by atoms with E-state index in [9.17, 15) is 5.21 Å². The van der Waals surface area contributed by atoms with E-state index in [1.54, 1.807) is 6.20 Å². The topological polar surface area (TPSA) is 84.4 Å². The Labute approximate surface area is 145 Å². The van der Waals surface area contributed by atoms with Crippen molar-refractivity contribution in [1.29, 1.82) is 0 Å². The first-order valence-corrected chi connectivity index (χ1v) is 8.23. The van der Waals surface area contributed by atoms with Crippen molar-refractivity contribution in [1.82, 2.24) is 9.97 Å². The molecule has 1 aliphatic rings. The van der Waals surface area contributed by atoms with E-state index in [0.717, 1.165) is 17.7 Å². The van der Waals surface area contributed by atoms with Crippen LogP contribution < -0.4 is 5.73 Å². The van der Waals surface area contributed by atoms with Gasteiger partial charge in [-0.15, -0.1) is 0 Å². The van der Waals surface area contributed by atoms with Gasteiger partial charge in [-0.2, -0.15) is 0 Å². The molecule has 5 heteroatoms. The molecule has 1 atom stereocenters. The van der Waals surface area contributed by atoms with Crippen molar-refractivity contribution >= 4 is 11.7 Å². The summed E-state index contributed by atoms with van der Waals surface area (Å²) < 4.78 is 0. The average molecular weight is 330 g/mol. The number of nitrogens with two attached hydrogens (primary N) is 1. The summed E-state index contributed by atoms with van der Waals surface area (Å²) in [4.78, 5) is 8.39. The Bertz CT molecular complexity index is 937. The van der Waals surface area contributed by atoms with Crippen molar-refractivity contribution in [3.8, 4) is 11.1 Å². The summed E-state index contributed by atoms with van der Waals surface area (Å²) in [5.74, 6) is 0.414. The van der Waals surface area contributed by atoms with Crippen LogP contribution in [-0.2, 0) is 6.42 Å². The van der Waals surface area contributed by atoms with Crippen LogP contribution in [0.3, 0.4) is 0 Å². The van der Waals surface area contributed by atoms with E-state index in [1.807, 2.05) is 30.3 Å². The molecule has 0 amide bonds. The molecule has 124 valence electrons. The summed E-state index contributed by atoms with van der Waals surface area (Å²) in [5, 5.41) is 13.0. The highest BCUT2D eigenvalue weighted by Crippen LogP contribution is 2.37. The minimum atomic E-state index is 0.170. The SMILES string of the molecule is Nc1ncc2c(n1)CC(c1ccccc1-c1ccccc1)C/C2=N/O. The molecule has 1 unspecified atom stereocenters. The predicted octanol–water partition coefficient (Wildman–Crippen LogP) is 3.63. The number of fused-ring (bicyclic) bond motifs is 1. The second kappa shape index (κ2) is 6.36. The molecule has 0 saturated carbocycles. The van der Waals surface area contributed by atoms with Crippen molar-refractivity contribution in [3.05, 3.63) is 77.6 Å². The van der Waals surface area contributed by atoms with Gasteiger partial charge in [-0.3, -0.25) is 0 Å². The second-order valence-corrected chi connectivity index (χ2v) is 6.19. The molecule has 0 bridgehead atoms. The van der Waals surface area contributed by atoms with Gasteiger partial charge in [0.15, 0.2) is 0 Å². The van der Waals surface area contributed by atoms with Crippen LogP contribution >= 0.6 is 0 Å². The van der Waals surface area contributed by atoms with Crippen molar-refractivity contribution in [2.24, 2.45) is 5.16 Å². The van der Waals surface area contributed by atoms with Crippen LogP contribution in [0.25, 0.3) is 11.1 Å². The molecular formula is C20H18N4O. The van der Waals surface area contributed by atoms with Crippen LogP contribution in [0.5, 0.6) is 0 Å². The van der Waals surface area contributed by atoms with Crippen LogP contribution in [0.2, 0.25) is 0 Å². The number of anilines is 1. The fourth-order valence-corrected chi connectivity index (χ4v) is 3.53. The summed E-state index contributed by atoms with van der Waals surface area (Å²) in [6, 6.07) is 18.7. The Hall–Kier alpha value is -3.21. The molecule has 4 rings (SSSR count). The number of aromatic nitrogens is 2. The summed E-state index contributed by atoms with van der Waals surface area (Å²) >= 11 is 0. The maximum Gasteiger partial charge on any atom is 0.220 e. The number of rotatable bonds is 2. The van der Waals surface area contributed by atoms with Gasteiger partial charge in [-0.1, -0.05) is 59.8 Å². The van der Waals surface area contributed by atoms with Gasteiger partial charge in [0.2, 0.25) is 5.95 Å². The molecule has 1 aromatic heterocycles. The maximum atomic E-state index is 9.46. The molecule has 1 heterocycles. The Morgan fingerprint density at radius 3 is 2.52 bits per heavy atom. The van der Waals surface area contributed by atoms with Gasteiger partial charge in [-0.25, -0.2) is 9.97 Å². The maximum absolute atomic E-state index is 9.46. The van der Waals surface area contributed by atoms with Gasteiger partial charge >= 0.3 is 0 Å². The lowest BCUT2D eigenvalue weighted by atomic mass is 9.79. The van der Waals surface area contributed by atoms with E-state index in [2.05, 4.69) is 39.4 Å². The van der Waals surface area contributed by atoms with Crippen LogP contribution in [0, 0.1) is 0 Å². The number of nitrogens with zero attached hydrogens (tertiary/aromatic N) is 3. The molecule has 0 radical (unpaired) electrons. The third-order valence-corrected chi connectivity index (χ3v) is 4.68. The molecular weight excluding hydrogens is 312 g/mol. The molecule has 3 aromatic rings. The Morgan fingerprint density at radius 2 is 1.72 bits per heavy atom. The van der Waals surface area contributed by atoms with Crippen molar-refractivity contribution < 1.29 is 5.21 Å². The molecule has 1 aliphatic carbocycles. The van der Waals surface area contributed by atoms with Gasteiger partial charge in [0.05, 0.1) is 11.4 Å². The first-order valence-electron chi connectivity index (χ1n) is 8.23. The summed E-state index contributed by atoms with van der Waals surface area (Å²) in [6.07, 6.45) is 3.03. The molecule has 0 saturated heterocycles. The molecule has 2 aromatic carbocycles. The zero-order valence-electron chi connectivity index (χ0n) is 13.6. The standard InChI is InChI=1S/C20H18N4O/c21-20-22-12-17-18(23-20)10-14(11-19(17)24-25)16-9-5-4-8-15(16)13-6-2-1-3-7-13/h1-9,12,14,25H,10-11H2,(H2,21,22,23)/b24-19-. The fourth-order valence-electron chi connectivity index (χ4n) is 3.53. The summed E-state index contributed by atoms with van der Waals surface area (Å²) in [7, 11) is 0. The highest BCUT2D eigenvalue weighted by atomic mass is 16.4. The lowest BCUT2D eigenvalue weighted by Crippen LogP contribution is -2.22. The largest absolute Gasteiger partial charge is 0.411 e. The highest BCUT2D eigenvalue weighted by molar-refractivity contribution is 6.02. The zero-order valence-corrected chi connectivity index (χ0v) is 13.6. The van der Waals surface area contributed by atoms with Crippen LogP contribution in [-0.4, -0.2) is 20.9 Å². The van der Waals surface area contributed by atoms with Crippen molar-refractivity contribution in [2.45, 2.75) is 18.8 Å². The third kappa shape index (κ3) is 2.85. The minimum Gasteiger partial charge on any atom is -0.411 e. The first-order chi connectivity index (χ1) is 12.3. The molecule has 25 heavy (non-hydrogen) atoms. The zero-order chi connectivity index (χ0) is 17.2. The van der Waals surface area contributed by atoms with Crippen LogP contribution in [0.4, 0.5) is 5.95 Å². The van der Waals surface area contributed by atoms with Crippen molar-refractivity contribution in [3.63, 3.8) is 0 Å². The Balaban J connectivity index is 1.79. The van der Waals surface area contributed by atoms with E-state index in [1.165, 1.54) is 16.7 Å². The Kier molecular flexibility index (Phi) is 3.90. The van der Waals surface area contributed by atoms with E-state index >= 15 is 0 Å². The number of hydrogen-bond acceptors (Lipinski definition) is 5.